The molecule has 0 unspecified atom stereocenters. The standard InChI is InChI=1S/C17H19N3O3S/c1-18-16(21)15-11-20(13-6-2-3-7-14(13)23-15)17(22)19-9-8-12-5-4-10-24-12/h2-7,10,15H,8-9,11H2,1H3,(H,18,21)(H,19,22)/t15-/m1/s1. The first-order valence-electron chi connectivity index (χ1n) is 7.74. The van der Waals surface area contributed by atoms with Gasteiger partial charge in [0, 0.05) is 18.5 Å². The fourth-order valence-corrected chi connectivity index (χ4v) is 3.28. The van der Waals surface area contributed by atoms with Gasteiger partial charge in [0.25, 0.3) is 5.91 Å². The Kier molecular flexibility index (Phi) is 5.00. The van der Waals surface area contributed by atoms with Gasteiger partial charge in [-0.2, -0.15) is 0 Å². The van der Waals surface area contributed by atoms with Crippen LogP contribution in [-0.4, -0.2) is 38.2 Å². The molecular formula is C17H19N3O3S. The molecule has 7 heteroatoms. The van der Waals surface area contributed by atoms with Crippen molar-refractivity contribution in [3.8, 4) is 5.75 Å². The van der Waals surface area contributed by atoms with Crippen LogP contribution in [0.3, 0.4) is 0 Å². The summed E-state index contributed by atoms with van der Waals surface area (Å²) in [5.41, 5.74) is 0.672. The molecule has 2 heterocycles. The van der Waals surface area contributed by atoms with Crippen molar-refractivity contribution in [3.05, 3.63) is 46.7 Å². The monoisotopic (exact) mass is 345 g/mol. The number of urea groups is 1. The Bertz CT molecular complexity index is 718. The van der Waals surface area contributed by atoms with Gasteiger partial charge in [-0.3, -0.25) is 9.69 Å². The molecule has 0 aliphatic carbocycles. The largest absolute Gasteiger partial charge is 0.477 e. The lowest BCUT2D eigenvalue weighted by atomic mass is 10.2. The molecule has 3 rings (SSSR count). The predicted octanol–water partition coefficient (Wildman–Crippen LogP) is 2.01. The number of thiophene rings is 1. The number of anilines is 1. The summed E-state index contributed by atoms with van der Waals surface area (Å²) < 4.78 is 5.70. The van der Waals surface area contributed by atoms with E-state index < -0.39 is 6.10 Å². The van der Waals surface area contributed by atoms with Gasteiger partial charge < -0.3 is 15.4 Å². The van der Waals surface area contributed by atoms with Crippen LogP contribution in [0.15, 0.2) is 41.8 Å². The molecule has 2 N–H and O–H groups in total. The second-order valence-corrected chi connectivity index (χ2v) is 6.39. The van der Waals surface area contributed by atoms with Gasteiger partial charge in [0.15, 0.2) is 6.10 Å². The van der Waals surface area contributed by atoms with Gasteiger partial charge in [-0.15, -0.1) is 11.3 Å². The van der Waals surface area contributed by atoms with Crippen LogP contribution < -0.4 is 20.3 Å². The van der Waals surface area contributed by atoms with Gasteiger partial charge in [0.1, 0.15) is 5.75 Å². The van der Waals surface area contributed by atoms with Crippen LogP contribution in [0.25, 0.3) is 0 Å². The fourth-order valence-electron chi connectivity index (χ4n) is 2.57. The van der Waals surface area contributed by atoms with E-state index in [4.69, 9.17) is 4.74 Å². The highest BCUT2D eigenvalue weighted by atomic mass is 32.1. The summed E-state index contributed by atoms with van der Waals surface area (Å²) in [4.78, 5) is 27.3. The minimum absolute atomic E-state index is 0.182. The van der Waals surface area contributed by atoms with Crippen LogP contribution in [0.5, 0.6) is 5.75 Å². The molecule has 2 aromatic rings. The van der Waals surface area contributed by atoms with Crippen LogP contribution in [0, 0.1) is 0 Å². The van der Waals surface area contributed by atoms with E-state index in [-0.39, 0.29) is 18.5 Å². The SMILES string of the molecule is CNC(=O)[C@H]1CN(C(=O)NCCc2cccs2)c2ccccc2O1. The Morgan fingerprint density at radius 3 is 2.88 bits per heavy atom. The molecule has 126 valence electrons. The molecule has 1 aliphatic heterocycles. The van der Waals surface area contributed by atoms with Crippen molar-refractivity contribution < 1.29 is 14.3 Å². The lowest BCUT2D eigenvalue weighted by Crippen LogP contribution is -2.52. The number of benzene rings is 1. The van der Waals surface area contributed by atoms with Crippen molar-refractivity contribution in [2.75, 3.05) is 25.0 Å². The number of rotatable bonds is 4. The number of carbonyl (C=O) groups is 2. The molecule has 0 fully saturated rings. The smallest absolute Gasteiger partial charge is 0.322 e. The van der Waals surface area contributed by atoms with E-state index in [0.29, 0.717) is 18.0 Å². The van der Waals surface area contributed by atoms with Crippen molar-refractivity contribution in [2.24, 2.45) is 0 Å². The van der Waals surface area contributed by atoms with Crippen molar-refractivity contribution in [2.45, 2.75) is 12.5 Å². The van der Waals surface area contributed by atoms with E-state index in [1.807, 2.05) is 35.7 Å². The highest BCUT2D eigenvalue weighted by Gasteiger charge is 2.33. The molecule has 1 aliphatic rings. The number of nitrogens with one attached hydrogen (secondary N) is 2. The second-order valence-electron chi connectivity index (χ2n) is 5.36. The van der Waals surface area contributed by atoms with E-state index in [9.17, 15) is 9.59 Å². The maximum atomic E-state index is 12.6. The van der Waals surface area contributed by atoms with Crippen molar-refractivity contribution in [1.29, 1.82) is 0 Å². The highest BCUT2D eigenvalue weighted by molar-refractivity contribution is 7.09. The Balaban J connectivity index is 1.70. The zero-order valence-corrected chi connectivity index (χ0v) is 14.1. The minimum Gasteiger partial charge on any atom is -0.477 e. The lowest BCUT2D eigenvalue weighted by molar-refractivity contribution is -0.127. The third-order valence-corrected chi connectivity index (χ3v) is 4.72. The number of hydrogen-bond donors (Lipinski definition) is 2. The average molecular weight is 345 g/mol. The molecule has 24 heavy (non-hydrogen) atoms. The first kappa shape index (κ1) is 16.3. The molecule has 0 spiro atoms. The van der Waals surface area contributed by atoms with Gasteiger partial charge in [0.05, 0.1) is 12.2 Å². The molecule has 0 radical (unpaired) electrons. The maximum absolute atomic E-state index is 12.6. The fraction of sp³-hybridized carbons (Fsp3) is 0.294. The van der Waals surface area contributed by atoms with Gasteiger partial charge >= 0.3 is 6.03 Å². The molecule has 3 amide bonds. The summed E-state index contributed by atoms with van der Waals surface area (Å²) in [6.07, 6.45) is 0.0711. The Hall–Kier alpha value is -2.54. The second kappa shape index (κ2) is 7.35. The summed E-state index contributed by atoms with van der Waals surface area (Å²) in [5, 5.41) is 7.50. The summed E-state index contributed by atoms with van der Waals surface area (Å²) in [6, 6.07) is 11.0. The van der Waals surface area contributed by atoms with Crippen LogP contribution in [0.2, 0.25) is 0 Å². The number of fused-ring (bicyclic) bond motifs is 1. The number of ether oxygens (including phenoxy) is 1. The van der Waals surface area contributed by atoms with Crippen LogP contribution in [0.1, 0.15) is 4.88 Å². The predicted molar refractivity (Wildman–Crippen MR) is 93.7 cm³/mol. The topological polar surface area (TPSA) is 70.7 Å². The summed E-state index contributed by atoms with van der Waals surface area (Å²) >= 11 is 1.67. The van der Waals surface area contributed by atoms with Crippen LogP contribution in [0.4, 0.5) is 10.5 Å². The molecule has 0 saturated carbocycles. The number of para-hydroxylation sites is 2. The van der Waals surface area contributed by atoms with Gasteiger partial charge in [-0.05, 0) is 30.0 Å². The Morgan fingerprint density at radius 2 is 2.12 bits per heavy atom. The molecule has 1 aromatic carbocycles. The third-order valence-electron chi connectivity index (χ3n) is 3.79. The summed E-state index contributed by atoms with van der Waals surface area (Å²) in [5.74, 6) is 0.284. The molecular weight excluding hydrogens is 326 g/mol. The number of carbonyl (C=O) groups excluding carboxylic acids is 2. The highest BCUT2D eigenvalue weighted by Crippen LogP contribution is 2.33. The number of hydrogen-bond acceptors (Lipinski definition) is 4. The van der Waals surface area contributed by atoms with E-state index in [1.54, 1.807) is 29.4 Å². The molecule has 1 atom stereocenters. The van der Waals surface area contributed by atoms with Crippen LogP contribution >= 0.6 is 11.3 Å². The summed E-state index contributed by atoms with van der Waals surface area (Å²) in [6.45, 7) is 0.727. The summed E-state index contributed by atoms with van der Waals surface area (Å²) in [7, 11) is 1.55. The molecule has 1 aromatic heterocycles. The number of nitrogens with zero attached hydrogens (tertiary/aromatic N) is 1. The van der Waals surface area contributed by atoms with Gasteiger partial charge in [-0.25, -0.2) is 4.79 Å². The first-order chi connectivity index (χ1) is 11.7. The zero-order chi connectivity index (χ0) is 16.9. The van der Waals surface area contributed by atoms with Crippen molar-refractivity contribution >= 4 is 29.0 Å². The lowest BCUT2D eigenvalue weighted by Gasteiger charge is -2.33. The Labute approximate surface area is 144 Å². The number of amides is 3. The molecule has 0 bridgehead atoms. The quantitative estimate of drug-likeness (QED) is 0.890. The maximum Gasteiger partial charge on any atom is 0.322 e. The van der Waals surface area contributed by atoms with E-state index in [2.05, 4.69) is 10.6 Å². The van der Waals surface area contributed by atoms with Gasteiger partial charge in [-0.1, -0.05) is 18.2 Å². The molecule has 0 saturated heterocycles. The molecule has 6 nitrogen and oxygen atoms in total. The normalized spacial score (nSPS) is 16.0. The third kappa shape index (κ3) is 3.51. The van der Waals surface area contributed by atoms with E-state index >= 15 is 0 Å². The minimum atomic E-state index is -0.715. The number of likely N-dealkylation sites (N-methyl/N-ethyl adjacent to an activating group) is 1. The Morgan fingerprint density at radius 1 is 1.29 bits per heavy atom. The zero-order valence-electron chi connectivity index (χ0n) is 13.3. The van der Waals surface area contributed by atoms with Gasteiger partial charge in [0.2, 0.25) is 0 Å². The van der Waals surface area contributed by atoms with Crippen LogP contribution in [-0.2, 0) is 11.2 Å². The van der Waals surface area contributed by atoms with E-state index in [1.165, 1.54) is 4.88 Å². The average Bonchev–Trinajstić information content (AvgIpc) is 3.13. The van der Waals surface area contributed by atoms with E-state index in [0.717, 1.165) is 6.42 Å². The first-order valence-corrected chi connectivity index (χ1v) is 8.62. The van der Waals surface area contributed by atoms with Crippen molar-refractivity contribution in [1.82, 2.24) is 10.6 Å². The van der Waals surface area contributed by atoms with Crippen molar-refractivity contribution in [3.63, 3.8) is 0 Å².